The van der Waals surface area contributed by atoms with Crippen LogP contribution in [-0.4, -0.2) is 16.7 Å². The van der Waals surface area contributed by atoms with Crippen molar-refractivity contribution in [1.29, 1.82) is 0 Å². The molecule has 0 aliphatic carbocycles. The number of benzene rings is 1. The minimum Gasteiger partial charge on any atom is -0.324 e. The second kappa shape index (κ2) is 6.99. The Labute approximate surface area is 128 Å². The molecule has 1 amide bonds. The van der Waals surface area contributed by atoms with Gasteiger partial charge in [0, 0.05) is 12.0 Å². The summed E-state index contributed by atoms with van der Waals surface area (Å²) >= 11 is 5.87. The predicted molar refractivity (Wildman–Crippen MR) is 82.7 cm³/mol. The summed E-state index contributed by atoms with van der Waals surface area (Å²) in [4.78, 5) is 28.3. The Kier molecular flexibility index (Phi) is 5.06. The Morgan fingerprint density at radius 3 is 2.52 bits per heavy atom. The van der Waals surface area contributed by atoms with Gasteiger partial charge in [0.2, 0.25) is 11.7 Å². The number of anilines is 1. The number of rotatable bonds is 5. The first-order valence-corrected chi connectivity index (χ1v) is 7.05. The van der Waals surface area contributed by atoms with Gasteiger partial charge in [-0.15, -0.1) is 0 Å². The lowest BCUT2D eigenvalue weighted by molar-refractivity contribution is -0.116. The van der Waals surface area contributed by atoms with Gasteiger partial charge in [0.1, 0.15) is 10.8 Å². The Balaban J connectivity index is 2.35. The van der Waals surface area contributed by atoms with Crippen LogP contribution in [0.15, 0.2) is 42.5 Å². The molecule has 2 rings (SSSR count). The van der Waals surface area contributed by atoms with Crippen LogP contribution in [0.3, 0.4) is 0 Å². The van der Waals surface area contributed by atoms with Crippen molar-refractivity contribution in [2.24, 2.45) is 0 Å². The van der Waals surface area contributed by atoms with Crippen LogP contribution in [0.25, 0.3) is 0 Å². The molecule has 0 aliphatic heterocycles. The summed E-state index contributed by atoms with van der Waals surface area (Å²) < 4.78 is 0. The molecule has 2 aromatic rings. The van der Waals surface area contributed by atoms with E-state index in [0.29, 0.717) is 17.7 Å². The maximum Gasteiger partial charge on any atom is 0.224 e. The van der Waals surface area contributed by atoms with E-state index >= 15 is 0 Å². The van der Waals surface area contributed by atoms with Gasteiger partial charge in [-0.25, -0.2) is 4.98 Å². The Hall–Kier alpha value is -2.20. The molecule has 5 heteroatoms. The smallest absolute Gasteiger partial charge is 0.224 e. The van der Waals surface area contributed by atoms with E-state index in [1.807, 2.05) is 13.0 Å². The molecule has 0 spiro atoms. The van der Waals surface area contributed by atoms with E-state index < -0.39 is 0 Å². The van der Waals surface area contributed by atoms with Crippen molar-refractivity contribution in [2.75, 3.05) is 5.32 Å². The highest BCUT2D eigenvalue weighted by Gasteiger charge is 2.17. The average molecular weight is 303 g/mol. The van der Waals surface area contributed by atoms with E-state index in [2.05, 4.69) is 10.3 Å². The number of nitrogens with one attached hydrogen (secondary N) is 1. The zero-order chi connectivity index (χ0) is 15.2. The van der Waals surface area contributed by atoms with Crippen LogP contribution in [0.5, 0.6) is 0 Å². The van der Waals surface area contributed by atoms with Gasteiger partial charge in [-0.3, -0.25) is 9.59 Å². The first kappa shape index (κ1) is 15.2. The summed E-state index contributed by atoms with van der Waals surface area (Å²) in [5, 5.41) is 2.92. The molecule has 0 aliphatic rings. The fourth-order valence-corrected chi connectivity index (χ4v) is 2.02. The van der Waals surface area contributed by atoms with Gasteiger partial charge in [-0.05, 0) is 18.6 Å². The minimum absolute atomic E-state index is 0.149. The lowest BCUT2D eigenvalue weighted by Crippen LogP contribution is -2.15. The fraction of sp³-hybridized carbons (Fsp3) is 0.188. The van der Waals surface area contributed by atoms with E-state index in [1.54, 1.807) is 36.4 Å². The van der Waals surface area contributed by atoms with Crippen LogP contribution in [0.2, 0.25) is 5.15 Å². The minimum atomic E-state index is -0.273. The lowest BCUT2D eigenvalue weighted by Gasteiger charge is -2.10. The SMILES string of the molecule is CCCC(=O)Nc1ccc(Cl)nc1C(=O)c1ccccc1. The van der Waals surface area contributed by atoms with Crippen molar-refractivity contribution in [2.45, 2.75) is 19.8 Å². The molecule has 0 bridgehead atoms. The molecule has 21 heavy (non-hydrogen) atoms. The quantitative estimate of drug-likeness (QED) is 0.676. The molecule has 0 fully saturated rings. The van der Waals surface area contributed by atoms with Gasteiger partial charge in [0.05, 0.1) is 5.69 Å². The number of carbonyl (C=O) groups excluding carboxylic acids is 2. The van der Waals surface area contributed by atoms with Gasteiger partial charge in [-0.1, -0.05) is 48.9 Å². The fourth-order valence-electron chi connectivity index (χ4n) is 1.88. The number of halogens is 1. The molecule has 0 unspecified atom stereocenters. The Bertz CT molecular complexity index is 657. The van der Waals surface area contributed by atoms with E-state index in [0.717, 1.165) is 6.42 Å². The van der Waals surface area contributed by atoms with Crippen molar-refractivity contribution in [3.8, 4) is 0 Å². The number of nitrogens with zero attached hydrogens (tertiary/aromatic N) is 1. The molecule has 1 N–H and O–H groups in total. The largest absolute Gasteiger partial charge is 0.324 e. The van der Waals surface area contributed by atoms with Crippen LogP contribution in [0.1, 0.15) is 35.8 Å². The zero-order valence-corrected chi connectivity index (χ0v) is 12.4. The second-order valence-corrected chi connectivity index (χ2v) is 4.91. The number of hydrogen-bond donors (Lipinski definition) is 1. The maximum atomic E-state index is 12.5. The van der Waals surface area contributed by atoms with E-state index in [9.17, 15) is 9.59 Å². The number of hydrogen-bond acceptors (Lipinski definition) is 3. The van der Waals surface area contributed by atoms with Crippen LogP contribution >= 0.6 is 11.6 Å². The summed E-state index contributed by atoms with van der Waals surface area (Å²) in [6, 6.07) is 11.9. The summed E-state index contributed by atoms with van der Waals surface area (Å²) in [6.07, 6.45) is 1.12. The number of carbonyl (C=O) groups is 2. The number of pyridine rings is 1. The topological polar surface area (TPSA) is 59.1 Å². The third kappa shape index (κ3) is 3.89. The monoisotopic (exact) mass is 302 g/mol. The van der Waals surface area contributed by atoms with E-state index in [1.165, 1.54) is 0 Å². The number of aromatic nitrogens is 1. The lowest BCUT2D eigenvalue weighted by atomic mass is 10.1. The summed E-state index contributed by atoms with van der Waals surface area (Å²) in [6.45, 7) is 1.91. The molecule has 1 heterocycles. The second-order valence-electron chi connectivity index (χ2n) is 4.52. The van der Waals surface area contributed by atoms with E-state index in [-0.39, 0.29) is 22.5 Å². The molecule has 1 aromatic carbocycles. The van der Waals surface area contributed by atoms with E-state index in [4.69, 9.17) is 11.6 Å². The normalized spacial score (nSPS) is 10.2. The Morgan fingerprint density at radius 2 is 1.86 bits per heavy atom. The van der Waals surface area contributed by atoms with Crippen molar-refractivity contribution in [1.82, 2.24) is 4.98 Å². The summed E-state index contributed by atoms with van der Waals surface area (Å²) in [5.74, 6) is -0.423. The van der Waals surface area contributed by atoms with Gasteiger partial charge < -0.3 is 5.32 Å². The van der Waals surface area contributed by atoms with Crippen LogP contribution < -0.4 is 5.32 Å². The van der Waals surface area contributed by atoms with Crippen LogP contribution in [0, 0.1) is 0 Å². The van der Waals surface area contributed by atoms with Crippen molar-refractivity contribution in [3.63, 3.8) is 0 Å². The Morgan fingerprint density at radius 1 is 1.14 bits per heavy atom. The first-order chi connectivity index (χ1) is 10.1. The molecule has 108 valence electrons. The number of ketones is 1. The predicted octanol–water partition coefficient (Wildman–Crippen LogP) is 3.70. The highest BCUT2D eigenvalue weighted by molar-refractivity contribution is 6.30. The highest BCUT2D eigenvalue weighted by atomic mass is 35.5. The van der Waals surface area contributed by atoms with Crippen LogP contribution in [0.4, 0.5) is 5.69 Å². The van der Waals surface area contributed by atoms with Gasteiger partial charge in [-0.2, -0.15) is 0 Å². The maximum absolute atomic E-state index is 12.5. The van der Waals surface area contributed by atoms with Crippen molar-refractivity contribution in [3.05, 3.63) is 58.9 Å². The van der Waals surface area contributed by atoms with Gasteiger partial charge in [0.15, 0.2) is 0 Å². The number of amides is 1. The molecular formula is C16H15ClN2O2. The zero-order valence-electron chi connectivity index (χ0n) is 11.6. The van der Waals surface area contributed by atoms with Crippen LogP contribution in [-0.2, 0) is 4.79 Å². The summed E-state index contributed by atoms with van der Waals surface area (Å²) in [5.41, 5.74) is 1.03. The molecular weight excluding hydrogens is 288 g/mol. The molecule has 0 saturated carbocycles. The molecule has 0 saturated heterocycles. The summed E-state index contributed by atoms with van der Waals surface area (Å²) in [7, 11) is 0. The van der Waals surface area contributed by atoms with Gasteiger partial charge >= 0.3 is 0 Å². The molecule has 0 radical (unpaired) electrons. The van der Waals surface area contributed by atoms with Gasteiger partial charge in [0.25, 0.3) is 0 Å². The molecule has 4 nitrogen and oxygen atoms in total. The third-order valence-electron chi connectivity index (χ3n) is 2.86. The highest BCUT2D eigenvalue weighted by Crippen LogP contribution is 2.20. The first-order valence-electron chi connectivity index (χ1n) is 6.68. The molecule has 1 aromatic heterocycles. The third-order valence-corrected chi connectivity index (χ3v) is 3.07. The van der Waals surface area contributed by atoms with Crippen molar-refractivity contribution < 1.29 is 9.59 Å². The average Bonchev–Trinajstić information content (AvgIpc) is 2.49. The standard InChI is InChI=1S/C16H15ClN2O2/c1-2-6-14(20)18-12-9-10-13(17)19-15(12)16(21)11-7-4-3-5-8-11/h3-5,7-10H,2,6H2,1H3,(H,18,20). The molecule has 0 atom stereocenters. The van der Waals surface area contributed by atoms with Crippen molar-refractivity contribution >= 4 is 29.0 Å².